The van der Waals surface area contributed by atoms with Crippen molar-refractivity contribution in [1.29, 1.82) is 0 Å². The van der Waals surface area contributed by atoms with Gasteiger partial charge in [0, 0.05) is 6.04 Å². The van der Waals surface area contributed by atoms with Gasteiger partial charge >= 0.3 is 0 Å². The monoisotopic (exact) mass is 215 g/mol. The van der Waals surface area contributed by atoms with Crippen LogP contribution in [0.5, 0.6) is 0 Å². The summed E-state index contributed by atoms with van der Waals surface area (Å²) < 4.78 is 25.9. The first kappa shape index (κ1) is 9.67. The summed E-state index contributed by atoms with van der Waals surface area (Å²) in [7, 11) is -3.37. The van der Waals surface area contributed by atoms with E-state index in [0.717, 1.165) is 12.8 Å². The zero-order valence-corrected chi connectivity index (χ0v) is 8.71. The first-order valence-corrected chi connectivity index (χ1v) is 6.07. The molecule has 0 unspecified atom stereocenters. The molecule has 1 fully saturated rings. The van der Waals surface area contributed by atoms with Gasteiger partial charge in [-0.15, -0.1) is 0 Å². The summed E-state index contributed by atoms with van der Waals surface area (Å²) in [5, 5.41) is 0.136. The smallest absolute Gasteiger partial charge is 0.257 e. The second-order valence-corrected chi connectivity index (χ2v) is 5.49. The molecule has 1 aromatic rings. The van der Waals surface area contributed by atoms with Gasteiger partial charge < -0.3 is 4.98 Å². The van der Waals surface area contributed by atoms with Crippen molar-refractivity contribution in [3.05, 3.63) is 12.5 Å². The first-order valence-electron chi connectivity index (χ1n) is 4.58. The minimum absolute atomic E-state index is 0.0956. The highest BCUT2D eigenvalue weighted by Crippen LogP contribution is 2.27. The molecular formula is C8H13N3O2S. The number of nitrogens with zero attached hydrogens (tertiary/aromatic N) is 1. The molecule has 0 atom stereocenters. The Kier molecular flexibility index (Phi) is 2.32. The van der Waals surface area contributed by atoms with E-state index in [9.17, 15) is 8.42 Å². The molecule has 0 saturated heterocycles. The molecule has 0 aromatic carbocycles. The third kappa shape index (κ3) is 1.80. The van der Waals surface area contributed by atoms with Gasteiger partial charge in [-0.2, -0.15) is 0 Å². The molecular weight excluding hydrogens is 202 g/mol. The van der Waals surface area contributed by atoms with Gasteiger partial charge in [-0.1, -0.05) is 6.92 Å². The van der Waals surface area contributed by atoms with Crippen molar-refractivity contribution in [3.8, 4) is 0 Å². The molecule has 1 aromatic heterocycles. The Morgan fingerprint density at radius 1 is 1.57 bits per heavy atom. The van der Waals surface area contributed by atoms with E-state index in [1.54, 1.807) is 0 Å². The van der Waals surface area contributed by atoms with Crippen LogP contribution in [0, 0.1) is 5.92 Å². The average Bonchev–Trinajstić information content (AvgIpc) is 2.52. The number of hydrogen-bond donors (Lipinski definition) is 2. The third-order valence-corrected chi connectivity index (χ3v) is 3.90. The van der Waals surface area contributed by atoms with Crippen LogP contribution < -0.4 is 4.72 Å². The summed E-state index contributed by atoms with van der Waals surface area (Å²) >= 11 is 0. The maximum Gasteiger partial charge on any atom is 0.257 e. The highest BCUT2D eigenvalue weighted by atomic mass is 32.2. The summed E-state index contributed by atoms with van der Waals surface area (Å²) in [5.41, 5.74) is 0. The standard InChI is InChI=1S/C8H13N3O2S/c1-6-2-7(3-6)11-14(12,13)8-4-9-5-10-8/h4-7,11H,2-3H2,1H3,(H,9,10). The Labute approximate surface area is 83.0 Å². The second kappa shape index (κ2) is 3.36. The van der Waals surface area contributed by atoms with Gasteiger partial charge in [0.2, 0.25) is 0 Å². The topological polar surface area (TPSA) is 74.8 Å². The van der Waals surface area contributed by atoms with Gasteiger partial charge in [0.1, 0.15) is 0 Å². The van der Waals surface area contributed by atoms with Crippen LogP contribution in [-0.4, -0.2) is 24.4 Å². The summed E-state index contributed by atoms with van der Waals surface area (Å²) in [6.07, 6.45) is 4.52. The average molecular weight is 215 g/mol. The van der Waals surface area contributed by atoms with Gasteiger partial charge in [-0.05, 0) is 18.8 Å². The molecule has 6 heteroatoms. The Hall–Kier alpha value is -0.880. The minimum atomic E-state index is -3.37. The first-order chi connectivity index (χ1) is 6.58. The molecule has 0 bridgehead atoms. The van der Waals surface area contributed by atoms with E-state index in [4.69, 9.17) is 0 Å². The molecule has 1 heterocycles. The predicted octanol–water partition coefficient (Wildman–Crippen LogP) is 0.486. The number of H-pyrrole nitrogens is 1. The molecule has 0 aliphatic heterocycles. The summed E-state index contributed by atoms with van der Waals surface area (Å²) in [6, 6.07) is 0.0956. The van der Waals surface area contributed by atoms with Gasteiger partial charge in [-0.25, -0.2) is 18.1 Å². The summed E-state index contributed by atoms with van der Waals surface area (Å²) in [5.74, 6) is 0.629. The van der Waals surface area contributed by atoms with Gasteiger partial charge in [0.05, 0.1) is 12.5 Å². The summed E-state index contributed by atoms with van der Waals surface area (Å²) in [4.78, 5) is 6.26. The number of hydrogen-bond acceptors (Lipinski definition) is 3. The molecule has 1 aliphatic rings. The molecule has 2 N–H and O–H groups in total. The van der Waals surface area contributed by atoms with Crippen LogP contribution in [0.1, 0.15) is 19.8 Å². The third-order valence-electron chi connectivity index (χ3n) is 2.46. The van der Waals surface area contributed by atoms with Crippen molar-refractivity contribution >= 4 is 10.0 Å². The number of aromatic amines is 1. The fourth-order valence-electron chi connectivity index (χ4n) is 1.67. The Morgan fingerprint density at radius 3 is 2.79 bits per heavy atom. The summed E-state index contributed by atoms with van der Waals surface area (Å²) in [6.45, 7) is 2.11. The molecule has 0 amide bonds. The zero-order chi connectivity index (χ0) is 10.2. The SMILES string of the molecule is CC1CC(NS(=O)(=O)c2cnc[nH]2)C1. The van der Waals surface area contributed by atoms with Crippen LogP contribution in [0.15, 0.2) is 17.6 Å². The lowest BCUT2D eigenvalue weighted by Crippen LogP contribution is -2.43. The lowest BCUT2D eigenvalue weighted by molar-refractivity contribution is 0.270. The van der Waals surface area contributed by atoms with Crippen molar-refractivity contribution in [2.45, 2.75) is 30.8 Å². The van der Waals surface area contributed by atoms with Crippen molar-refractivity contribution in [3.63, 3.8) is 0 Å². The molecule has 5 nitrogen and oxygen atoms in total. The van der Waals surface area contributed by atoms with Gasteiger partial charge in [-0.3, -0.25) is 0 Å². The van der Waals surface area contributed by atoms with E-state index < -0.39 is 10.0 Å². The maximum absolute atomic E-state index is 11.6. The van der Waals surface area contributed by atoms with Crippen LogP contribution in [0.4, 0.5) is 0 Å². The van der Waals surface area contributed by atoms with Crippen molar-refractivity contribution in [1.82, 2.24) is 14.7 Å². The van der Waals surface area contributed by atoms with Crippen LogP contribution in [-0.2, 0) is 10.0 Å². The maximum atomic E-state index is 11.6. The number of sulfonamides is 1. The van der Waals surface area contributed by atoms with Crippen LogP contribution >= 0.6 is 0 Å². The Morgan fingerprint density at radius 2 is 2.29 bits per heavy atom. The fourth-order valence-corrected chi connectivity index (χ4v) is 2.84. The number of nitrogens with one attached hydrogen (secondary N) is 2. The number of rotatable bonds is 3. The number of aromatic nitrogens is 2. The van der Waals surface area contributed by atoms with Crippen LogP contribution in [0.2, 0.25) is 0 Å². The lowest BCUT2D eigenvalue weighted by atomic mass is 9.83. The molecule has 1 saturated carbocycles. The number of imidazole rings is 1. The van der Waals surface area contributed by atoms with E-state index in [-0.39, 0.29) is 11.1 Å². The van der Waals surface area contributed by atoms with Crippen LogP contribution in [0.25, 0.3) is 0 Å². The normalized spacial score (nSPS) is 27.2. The van der Waals surface area contributed by atoms with Crippen molar-refractivity contribution in [2.75, 3.05) is 0 Å². The van der Waals surface area contributed by atoms with E-state index in [0.29, 0.717) is 5.92 Å². The second-order valence-electron chi connectivity index (χ2n) is 3.81. The Bertz CT molecular complexity index is 392. The van der Waals surface area contributed by atoms with E-state index in [1.807, 2.05) is 0 Å². The van der Waals surface area contributed by atoms with E-state index >= 15 is 0 Å². The van der Waals surface area contributed by atoms with Gasteiger partial charge in [0.15, 0.2) is 5.03 Å². The molecule has 1 aliphatic carbocycles. The van der Waals surface area contributed by atoms with E-state index in [2.05, 4.69) is 21.6 Å². The highest BCUT2D eigenvalue weighted by Gasteiger charge is 2.30. The van der Waals surface area contributed by atoms with Crippen LogP contribution in [0.3, 0.4) is 0 Å². The molecule has 0 spiro atoms. The predicted molar refractivity (Wildman–Crippen MR) is 51.1 cm³/mol. The lowest BCUT2D eigenvalue weighted by Gasteiger charge is -2.32. The minimum Gasteiger partial charge on any atom is -0.335 e. The fraction of sp³-hybridized carbons (Fsp3) is 0.625. The largest absolute Gasteiger partial charge is 0.335 e. The molecule has 14 heavy (non-hydrogen) atoms. The molecule has 2 rings (SSSR count). The van der Waals surface area contributed by atoms with Gasteiger partial charge in [0.25, 0.3) is 10.0 Å². The van der Waals surface area contributed by atoms with Crippen molar-refractivity contribution < 1.29 is 8.42 Å². The highest BCUT2D eigenvalue weighted by molar-refractivity contribution is 7.89. The Balaban J connectivity index is 2.04. The van der Waals surface area contributed by atoms with E-state index in [1.165, 1.54) is 12.5 Å². The zero-order valence-electron chi connectivity index (χ0n) is 7.90. The molecule has 0 radical (unpaired) electrons. The van der Waals surface area contributed by atoms with Crippen molar-refractivity contribution in [2.24, 2.45) is 5.92 Å². The quantitative estimate of drug-likeness (QED) is 0.770. The molecule has 78 valence electrons.